The zero-order chi connectivity index (χ0) is 97.1. The average Bonchev–Trinajstić information content (AvgIpc) is 0.956. The number of hydrogen-bond acceptors (Lipinski definition) is 4. The van der Waals surface area contributed by atoms with Crippen molar-refractivity contribution in [2.24, 2.45) is 0 Å². The van der Waals surface area contributed by atoms with Crippen molar-refractivity contribution in [3.8, 4) is 100 Å². The lowest BCUT2D eigenvalue weighted by Crippen LogP contribution is -1.92. The van der Waals surface area contributed by atoms with Gasteiger partial charge in [-0.2, -0.15) is 0 Å². The van der Waals surface area contributed by atoms with Crippen molar-refractivity contribution in [1.82, 2.24) is 0 Å². The molecule has 0 saturated carbocycles. The number of furan rings is 4. The molecule has 32 rings (SSSR count). The Hall–Kier alpha value is -19.5. The minimum absolute atomic E-state index is 0.906. The van der Waals surface area contributed by atoms with Gasteiger partial charge in [-0.25, -0.2) is 0 Å². The summed E-state index contributed by atoms with van der Waals surface area (Å²) in [5, 5.41) is 38.6. The smallest absolute Gasteiger partial charge is 0.143 e. The third kappa shape index (κ3) is 13.5. The van der Waals surface area contributed by atoms with Crippen LogP contribution in [0.3, 0.4) is 0 Å². The quantitative estimate of drug-likeness (QED) is 0.135. The Morgan fingerprint density at radius 1 is 0.0946 bits per heavy atom. The van der Waals surface area contributed by atoms with Crippen LogP contribution in [0.15, 0.2) is 539 Å². The molecule has 4 nitrogen and oxygen atoms in total. The maximum Gasteiger partial charge on any atom is 0.143 e. The molecule has 4 aromatic heterocycles. The molecule has 4 heterocycles. The molecule has 686 valence electrons. The van der Waals surface area contributed by atoms with E-state index in [0.717, 1.165) is 104 Å². The molecule has 0 atom stereocenters. The lowest BCUT2D eigenvalue weighted by molar-refractivity contribution is 0.669. The molecule has 0 aliphatic heterocycles. The van der Waals surface area contributed by atoms with Gasteiger partial charge in [-0.3, -0.25) is 0 Å². The molecule has 0 aliphatic carbocycles. The zero-order valence-corrected chi connectivity index (χ0v) is 80.3. The molecule has 0 unspecified atom stereocenters. The number of benzene rings is 28. The first-order valence-corrected chi connectivity index (χ1v) is 50.9. The summed E-state index contributed by atoms with van der Waals surface area (Å²) in [7, 11) is 0. The summed E-state index contributed by atoms with van der Waals surface area (Å²) in [6.45, 7) is 0. The third-order valence-electron chi connectivity index (χ3n) is 31.1. The molecule has 0 amide bonds. The van der Waals surface area contributed by atoms with E-state index in [1.165, 1.54) is 213 Å². The van der Waals surface area contributed by atoms with E-state index in [2.05, 4.69) is 510 Å². The van der Waals surface area contributed by atoms with Crippen molar-refractivity contribution in [1.29, 1.82) is 0 Å². The average molecular weight is 1880 g/mol. The van der Waals surface area contributed by atoms with Gasteiger partial charge >= 0.3 is 0 Å². The van der Waals surface area contributed by atoms with Gasteiger partial charge in [0, 0.05) is 59.2 Å². The molecular weight excluding hydrogens is 1790 g/mol. The van der Waals surface area contributed by atoms with Gasteiger partial charge in [0.05, 0.1) is 0 Å². The largest absolute Gasteiger partial charge is 0.456 e. The van der Waals surface area contributed by atoms with Crippen molar-refractivity contribution in [2.75, 3.05) is 0 Å². The SMILES string of the molecule is c1cc(-c2ccc3oc4ccccc4c3c2)cc(-c2c3ccccc3c(-c3ccc4oc5c6ccccc6ccc5c4c3)c3ccccc23)c1.c1ccc(-c2ccc(-c3c4ccccc4c(-c4ccc5oc6c7ccccc7ccc6c5c4)c4ccccc34)c3ccccc23)cc1.c1ccc2cc(-c3ccc(-c4c5ccccc5c(-c5ccc6oc7c8ccccc8ccc7c6c5)c5ccccc45)c4ccccc34)ccc2c1. The fourth-order valence-electron chi connectivity index (χ4n) is 24.5. The second-order valence-electron chi connectivity index (χ2n) is 39.2. The Bertz CT molecular complexity index is 11000. The van der Waals surface area contributed by atoms with Crippen LogP contribution in [0.1, 0.15) is 0 Å². The van der Waals surface area contributed by atoms with Gasteiger partial charge < -0.3 is 17.7 Å². The molecule has 4 heteroatoms. The van der Waals surface area contributed by atoms with Crippen molar-refractivity contribution in [3.05, 3.63) is 522 Å². The number of hydrogen-bond donors (Lipinski definition) is 0. The normalized spacial score (nSPS) is 11.9. The molecule has 0 radical (unpaired) electrons. The van der Waals surface area contributed by atoms with E-state index in [1.54, 1.807) is 0 Å². The summed E-state index contributed by atoms with van der Waals surface area (Å²) in [5.41, 5.74) is 29.5. The second-order valence-corrected chi connectivity index (χ2v) is 39.2. The monoisotopic (exact) mass is 1880 g/mol. The van der Waals surface area contributed by atoms with E-state index in [0.29, 0.717) is 0 Å². The van der Waals surface area contributed by atoms with E-state index in [9.17, 15) is 0 Å². The molecule has 28 aromatic carbocycles. The molecular formula is C144H86O4. The summed E-state index contributed by atoms with van der Waals surface area (Å²) in [6, 6.07) is 189. The van der Waals surface area contributed by atoms with Crippen molar-refractivity contribution in [3.63, 3.8) is 0 Å². The van der Waals surface area contributed by atoms with Crippen molar-refractivity contribution < 1.29 is 17.7 Å². The van der Waals surface area contributed by atoms with Crippen molar-refractivity contribution in [2.45, 2.75) is 0 Å². The highest BCUT2D eigenvalue weighted by molar-refractivity contribution is 6.30. The number of rotatable bonds is 9. The highest BCUT2D eigenvalue weighted by atomic mass is 16.3. The predicted octanol–water partition coefficient (Wildman–Crippen LogP) is 41.5. The van der Waals surface area contributed by atoms with E-state index in [4.69, 9.17) is 17.7 Å². The van der Waals surface area contributed by atoms with Gasteiger partial charge in [-0.1, -0.05) is 437 Å². The van der Waals surface area contributed by atoms with E-state index >= 15 is 0 Å². The Morgan fingerprint density at radius 3 is 0.736 bits per heavy atom. The Balaban J connectivity index is 0.000000103. The van der Waals surface area contributed by atoms with Crippen LogP contribution in [-0.2, 0) is 0 Å². The number of fused-ring (bicyclic) bond motifs is 27. The summed E-state index contributed by atoms with van der Waals surface area (Å²) in [6.07, 6.45) is 0. The molecule has 0 aliphatic rings. The van der Waals surface area contributed by atoms with Gasteiger partial charge in [-0.15, -0.1) is 0 Å². The maximum absolute atomic E-state index is 6.51. The van der Waals surface area contributed by atoms with Crippen LogP contribution in [-0.4, -0.2) is 0 Å². The van der Waals surface area contributed by atoms with Crippen LogP contribution < -0.4 is 0 Å². The minimum Gasteiger partial charge on any atom is -0.456 e. The van der Waals surface area contributed by atoms with Crippen LogP contribution in [0.25, 0.3) is 317 Å². The molecule has 32 aromatic rings. The Morgan fingerprint density at radius 2 is 0.338 bits per heavy atom. The molecule has 0 fully saturated rings. The molecule has 0 saturated heterocycles. The highest BCUT2D eigenvalue weighted by Crippen LogP contribution is 2.54. The summed E-state index contributed by atoms with van der Waals surface area (Å²) < 4.78 is 25.6. The van der Waals surface area contributed by atoms with Gasteiger partial charge in [0.15, 0.2) is 0 Å². The van der Waals surface area contributed by atoms with Gasteiger partial charge in [0.25, 0.3) is 0 Å². The summed E-state index contributed by atoms with van der Waals surface area (Å²) in [5.74, 6) is 0. The molecule has 148 heavy (non-hydrogen) atoms. The molecule has 0 spiro atoms. The first-order valence-electron chi connectivity index (χ1n) is 50.9. The molecule has 0 bridgehead atoms. The topological polar surface area (TPSA) is 52.6 Å². The predicted molar refractivity (Wildman–Crippen MR) is 627 cm³/mol. The zero-order valence-electron chi connectivity index (χ0n) is 80.3. The Kier molecular flexibility index (Phi) is 19.4. The Labute approximate surface area is 850 Å². The van der Waals surface area contributed by atoms with Crippen LogP contribution in [0.4, 0.5) is 0 Å². The van der Waals surface area contributed by atoms with Crippen LogP contribution in [0.5, 0.6) is 0 Å². The van der Waals surface area contributed by atoms with Gasteiger partial charge in [0.2, 0.25) is 0 Å². The van der Waals surface area contributed by atoms with E-state index in [-0.39, 0.29) is 0 Å². The highest BCUT2D eigenvalue weighted by Gasteiger charge is 2.27. The first-order chi connectivity index (χ1) is 73.4. The van der Waals surface area contributed by atoms with Gasteiger partial charge in [-0.05, 0) is 298 Å². The van der Waals surface area contributed by atoms with E-state index < -0.39 is 0 Å². The summed E-state index contributed by atoms with van der Waals surface area (Å²) in [4.78, 5) is 0. The fraction of sp³-hybridized carbons (Fsp3) is 0. The second kappa shape index (κ2) is 34.1. The third-order valence-corrected chi connectivity index (χ3v) is 31.1. The fourth-order valence-corrected chi connectivity index (χ4v) is 24.5. The van der Waals surface area contributed by atoms with Crippen LogP contribution in [0.2, 0.25) is 0 Å². The van der Waals surface area contributed by atoms with Gasteiger partial charge in [0.1, 0.15) is 44.7 Å². The van der Waals surface area contributed by atoms with Crippen LogP contribution >= 0.6 is 0 Å². The first kappa shape index (κ1) is 84.2. The summed E-state index contributed by atoms with van der Waals surface area (Å²) >= 11 is 0. The number of para-hydroxylation sites is 1. The van der Waals surface area contributed by atoms with Crippen molar-refractivity contribution >= 4 is 217 Å². The van der Waals surface area contributed by atoms with Crippen LogP contribution in [0, 0.1) is 0 Å². The molecule has 0 N–H and O–H groups in total. The standard InChI is InChI=1S/C50H30O.C48H28O2.C46H28O/c1-2-13-33-29-34(22-21-31(33)11-1)36-26-27-44(39-16-6-5-15-38(36)39)49-42-19-9-7-17-40(42)48(41-18-8-10-20-43(41)49)35-24-28-47-46(30-35)45-25-23-32-12-3-4-14-37(32)50(45)51-47;1-2-13-34-29(10-1)20-23-40-42-28-33(22-25-45(42)50-48(34)40)47-38-17-5-3-15-36(38)46(37-16-4-6-18-39(37)47)32-12-9-11-30(26-32)31-21-24-44-41(27-31)35-14-7-8-19-43(35)49-44;1-2-12-29(13-3-1)32-25-26-40(35-17-7-6-16-34(32)35)45-38-20-10-8-18-36(38)44(37-19-9-11-21-39(37)45)31-23-27-43-42(28-31)41-24-22-30-14-4-5-15-33(30)46(41)47-43/h1-30H;1-28H;1-28H. The lowest BCUT2D eigenvalue weighted by Gasteiger charge is -2.20. The maximum atomic E-state index is 6.51. The lowest BCUT2D eigenvalue weighted by atomic mass is 9.83. The minimum atomic E-state index is 0.906. The van der Waals surface area contributed by atoms with E-state index in [1.807, 2.05) is 12.1 Å².